The molecule has 0 aliphatic carbocycles. The van der Waals surface area contributed by atoms with Crippen LogP contribution in [0, 0.1) is 6.92 Å². The second-order valence-corrected chi connectivity index (χ2v) is 5.83. The van der Waals surface area contributed by atoms with Gasteiger partial charge in [0.25, 0.3) is 0 Å². The zero-order valence-electron chi connectivity index (χ0n) is 14.9. The topological polar surface area (TPSA) is 58.6 Å². The lowest BCUT2D eigenvalue weighted by Gasteiger charge is -2.21. The highest BCUT2D eigenvalue weighted by atomic mass is 16.5. The lowest BCUT2D eigenvalue weighted by atomic mass is 10.1. The Morgan fingerprint density at radius 1 is 1.12 bits per heavy atom. The molecule has 132 valence electrons. The molecule has 1 N–H and O–H groups in total. The Morgan fingerprint density at radius 3 is 2.56 bits per heavy atom. The molecular weight excluding hydrogens is 316 g/mol. The molecule has 0 spiro atoms. The molecule has 2 aromatic carbocycles. The van der Waals surface area contributed by atoms with Crippen LogP contribution in [0.1, 0.15) is 24.5 Å². The summed E-state index contributed by atoms with van der Waals surface area (Å²) in [6.07, 6.45) is 0.239. The molecule has 0 radical (unpaired) electrons. The van der Waals surface area contributed by atoms with Gasteiger partial charge >= 0.3 is 0 Å². The average molecular weight is 340 g/mol. The summed E-state index contributed by atoms with van der Waals surface area (Å²) in [6, 6.07) is 15.2. The van der Waals surface area contributed by atoms with Crippen molar-refractivity contribution in [1.82, 2.24) is 5.32 Å². The van der Waals surface area contributed by atoms with Crippen molar-refractivity contribution in [1.29, 1.82) is 0 Å². The van der Waals surface area contributed by atoms with Crippen LogP contribution in [0.15, 0.2) is 48.5 Å². The first-order valence-corrected chi connectivity index (χ1v) is 8.24. The number of aryl methyl sites for hydroxylation is 1. The number of ether oxygens (including phenoxy) is 1. The normalized spacial score (nSPS) is 10.2. The Labute approximate surface area is 148 Å². The number of rotatable bonds is 7. The van der Waals surface area contributed by atoms with Gasteiger partial charge in [0.15, 0.2) is 0 Å². The number of hydrogen-bond donors (Lipinski definition) is 1. The van der Waals surface area contributed by atoms with Crippen LogP contribution in [0.3, 0.4) is 0 Å². The van der Waals surface area contributed by atoms with Gasteiger partial charge in [-0.2, -0.15) is 0 Å². The molecule has 2 aromatic rings. The number of hydrogen-bond acceptors (Lipinski definition) is 3. The minimum absolute atomic E-state index is 0.0857. The number of carbonyl (C=O) groups is 2. The number of amides is 2. The summed E-state index contributed by atoms with van der Waals surface area (Å²) in [5, 5.41) is 2.91. The quantitative estimate of drug-likeness (QED) is 0.843. The van der Waals surface area contributed by atoms with Crippen LogP contribution in [-0.4, -0.2) is 25.5 Å². The maximum atomic E-state index is 12.1. The van der Waals surface area contributed by atoms with Gasteiger partial charge in [0.1, 0.15) is 5.75 Å². The van der Waals surface area contributed by atoms with Crippen molar-refractivity contribution in [3.63, 3.8) is 0 Å². The van der Waals surface area contributed by atoms with E-state index in [1.807, 2.05) is 49.4 Å². The van der Waals surface area contributed by atoms with Gasteiger partial charge in [-0.1, -0.05) is 30.3 Å². The first-order valence-electron chi connectivity index (χ1n) is 8.24. The third kappa shape index (κ3) is 5.35. The molecule has 2 amide bonds. The Morgan fingerprint density at radius 2 is 1.88 bits per heavy atom. The fourth-order valence-electron chi connectivity index (χ4n) is 2.55. The second kappa shape index (κ2) is 8.87. The Hall–Kier alpha value is -2.82. The molecule has 0 atom stereocenters. The van der Waals surface area contributed by atoms with Crippen LogP contribution in [0.4, 0.5) is 5.69 Å². The van der Waals surface area contributed by atoms with Crippen LogP contribution in [0.25, 0.3) is 0 Å². The van der Waals surface area contributed by atoms with E-state index in [0.717, 1.165) is 16.8 Å². The van der Waals surface area contributed by atoms with Gasteiger partial charge in [-0.05, 0) is 30.2 Å². The summed E-state index contributed by atoms with van der Waals surface area (Å²) in [4.78, 5) is 25.6. The fourth-order valence-corrected chi connectivity index (χ4v) is 2.55. The van der Waals surface area contributed by atoms with E-state index in [2.05, 4.69) is 5.32 Å². The molecule has 0 unspecified atom stereocenters. The molecule has 0 aliphatic rings. The molecule has 25 heavy (non-hydrogen) atoms. The molecule has 5 nitrogen and oxygen atoms in total. The molecule has 0 saturated carbocycles. The van der Waals surface area contributed by atoms with Gasteiger partial charge < -0.3 is 15.0 Å². The smallest absolute Gasteiger partial charge is 0.223 e. The van der Waals surface area contributed by atoms with Crippen LogP contribution in [-0.2, 0) is 16.1 Å². The van der Waals surface area contributed by atoms with Gasteiger partial charge in [0, 0.05) is 38.2 Å². The lowest BCUT2D eigenvalue weighted by Crippen LogP contribution is -2.33. The number of benzene rings is 2. The highest BCUT2D eigenvalue weighted by Gasteiger charge is 2.14. The zero-order valence-corrected chi connectivity index (χ0v) is 14.9. The molecular formula is C20H24N2O3. The molecule has 0 saturated heterocycles. The van der Waals surface area contributed by atoms with Crippen molar-refractivity contribution in [2.75, 3.05) is 18.6 Å². The maximum Gasteiger partial charge on any atom is 0.223 e. The van der Waals surface area contributed by atoms with E-state index in [1.54, 1.807) is 18.1 Å². The van der Waals surface area contributed by atoms with Gasteiger partial charge in [-0.3, -0.25) is 9.59 Å². The fraction of sp³-hybridized carbons (Fsp3) is 0.300. The summed E-state index contributed by atoms with van der Waals surface area (Å²) in [7, 11) is 1.58. The summed E-state index contributed by atoms with van der Waals surface area (Å²) in [5.41, 5.74) is 2.95. The number of methoxy groups -OCH3 is 1. The Kier molecular flexibility index (Phi) is 6.57. The molecule has 2 rings (SSSR count). The van der Waals surface area contributed by atoms with E-state index in [9.17, 15) is 9.59 Å². The first-order chi connectivity index (χ1) is 12.0. The largest absolute Gasteiger partial charge is 0.497 e. The monoisotopic (exact) mass is 340 g/mol. The van der Waals surface area contributed by atoms with Gasteiger partial charge in [0.05, 0.1) is 7.11 Å². The number of anilines is 1. The molecule has 0 aliphatic heterocycles. The van der Waals surface area contributed by atoms with E-state index in [1.165, 1.54) is 6.92 Å². The molecule has 0 bridgehead atoms. The minimum Gasteiger partial charge on any atom is -0.497 e. The molecule has 0 fully saturated rings. The van der Waals surface area contributed by atoms with Crippen molar-refractivity contribution in [2.45, 2.75) is 26.8 Å². The van der Waals surface area contributed by atoms with Crippen molar-refractivity contribution in [3.05, 3.63) is 59.7 Å². The second-order valence-electron chi connectivity index (χ2n) is 5.83. The lowest BCUT2D eigenvalue weighted by molar-refractivity contribution is -0.121. The highest BCUT2D eigenvalue weighted by Crippen LogP contribution is 2.21. The van der Waals surface area contributed by atoms with Crippen LogP contribution in [0.5, 0.6) is 5.75 Å². The highest BCUT2D eigenvalue weighted by molar-refractivity contribution is 5.92. The van der Waals surface area contributed by atoms with Crippen LogP contribution >= 0.6 is 0 Å². The third-order valence-corrected chi connectivity index (χ3v) is 4.04. The SMILES string of the molecule is COc1cccc(N(CCC(=O)NCc2ccccc2C)C(C)=O)c1. The van der Waals surface area contributed by atoms with Crippen molar-refractivity contribution in [2.24, 2.45) is 0 Å². The average Bonchev–Trinajstić information content (AvgIpc) is 2.61. The standard InChI is InChI=1S/C20H24N2O3/c1-15-7-4-5-8-17(15)14-21-20(24)11-12-22(16(2)23)18-9-6-10-19(13-18)25-3/h4-10,13H,11-12,14H2,1-3H3,(H,21,24). The summed E-state index contributed by atoms with van der Waals surface area (Å²) in [6.45, 7) is 4.32. The van der Waals surface area contributed by atoms with Crippen molar-refractivity contribution in [3.8, 4) is 5.75 Å². The van der Waals surface area contributed by atoms with Gasteiger partial charge in [-0.15, -0.1) is 0 Å². The van der Waals surface area contributed by atoms with Gasteiger partial charge in [-0.25, -0.2) is 0 Å². The van der Waals surface area contributed by atoms with E-state index >= 15 is 0 Å². The van der Waals surface area contributed by atoms with E-state index in [4.69, 9.17) is 4.74 Å². The zero-order chi connectivity index (χ0) is 18.2. The summed E-state index contributed by atoms with van der Waals surface area (Å²) < 4.78 is 5.19. The summed E-state index contributed by atoms with van der Waals surface area (Å²) in [5.74, 6) is 0.477. The van der Waals surface area contributed by atoms with Crippen LogP contribution in [0.2, 0.25) is 0 Å². The van der Waals surface area contributed by atoms with Gasteiger partial charge in [0.2, 0.25) is 11.8 Å². The van der Waals surface area contributed by atoms with E-state index < -0.39 is 0 Å². The van der Waals surface area contributed by atoms with E-state index in [-0.39, 0.29) is 18.2 Å². The minimum atomic E-state index is -0.111. The number of nitrogens with one attached hydrogen (secondary N) is 1. The predicted molar refractivity (Wildman–Crippen MR) is 98.7 cm³/mol. The number of carbonyl (C=O) groups excluding carboxylic acids is 2. The maximum absolute atomic E-state index is 12.1. The molecule has 5 heteroatoms. The molecule has 0 aromatic heterocycles. The summed E-state index contributed by atoms with van der Waals surface area (Å²) >= 11 is 0. The van der Waals surface area contributed by atoms with Crippen molar-refractivity contribution >= 4 is 17.5 Å². The first kappa shape index (κ1) is 18.5. The predicted octanol–water partition coefficient (Wildman–Crippen LogP) is 3.06. The van der Waals surface area contributed by atoms with Crippen LogP contribution < -0.4 is 15.0 Å². The Bertz CT molecular complexity index is 743. The molecule has 0 heterocycles. The Balaban J connectivity index is 1.93. The third-order valence-electron chi connectivity index (χ3n) is 4.04. The van der Waals surface area contributed by atoms with Crippen molar-refractivity contribution < 1.29 is 14.3 Å². The van der Waals surface area contributed by atoms with E-state index in [0.29, 0.717) is 18.8 Å². The number of nitrogens with zero attached hydrogens (tertiary/aromatic N) is 1.